The minimum atomic E-state index is -0.762. The van der Waals surface area contributed by atoms with E-state index in [1.165, 1.54) is 238 Å². The Bertz CT molecular complexity index is 998. The molecule has 1 unspecified atom stereocenters. The van der Waals surface area contributed by atoms with Crippen molar-refractivity contribution < 1.29 is 28.6 Å². The second kappa shape index (κ2) is 54.4. The summed E-state index contributed by atoms with van der Waals surface area (Å²) in [6.45, 7) is 9.11. The largest absolute Gasteiger partial charge is 0.462 e. The van der Waals surface area contributed by atoms with Gasteiger partial charge in [-0.2, -0.15) is 0 Å². The zero-order valence-corrected chi connectivity index (χ0v) is 45.2. The van der Waals surface area contributed by atoms with Gasteiger partial charge in [0.25, 0.3) is 0 Å². The van der Waals surface area contributed by atoms with E-state index in [4.69, 9.17) is 14.2 Å². The highest BCUT2D eigenvalue weighted by Crippen LogP contribution is 2.19. The first kappa shape index (κ1) is 64.4. The molecular formula is C60H116O6. The quantitative estimate of drug-likeness (QED) is 0.0343. The van der Waals surface area contributed by atoms with Gasteiger partial charge in [-0.15, -0.1) is 0 Å². The highest BCUT2D eigenvalue weighted by molar-refractivity contribution is 5.71. The highest BCUT2D eigenvalue weighted by Gasteiger charge is 2.19. The lowest BCUT2D eigenvalue weighted by Gasteiger charge is -2.18. The minimum Gasteiger partial charge on any atom is -0.462 e. The average Bonchev–Trinajstić information content (AvgIpc) is 3.32. The monoisotopic (exact) mass is 933 g/mol. The molecule has 66 heavy (non-hydrogen) atoms. The maximum absolute atomic E-state index is 12.8. The van der Waals surface area contributed by atoms with E-state index in [9.17, 15) is 14.4 Å². The summed E-state index contributed by atoms with van der Waals surface area (Å²) in [6, 6.07) is 0. The molecule has 0 saturated carbocycles. The van der Waals surface area contributed by atoms with Crippen LogP contribution in [0.25, 0.3) is 0 Å². The van der Waals surface area contributed by atoms with Crippen LogP contribution in [0.15, 0.2) is 0 Å². The van der Waals surface area contributed by atoms with Crippen molar-refractivity contribution in [2.45, 2.75) is 348 Å². The molecular weight excluding hydrogens is 817 g/mol. The molecule has 0 aliphatic carbocycles. The van der Waals surface area contributed by atoms with Crippen LogP contribution in [-0.4, -0.2) is 37.2 Å². The van der Waals surface area contributed by atoms with Crippen LogP contribution >= 0.6 is 0 Å². The topological polar surface area (TPSA) is 78.9 Å². The molecule has 6 heteroatoms. The standard InChI is InChI=1S/C60H116O6/c1-5-8-10-12-14-16-18-20-22-23-28-31-35-39-43-47-51-58(61)64-54-57(66-60(63)53-49-45-41-37-33-27-21-19-17-15-13-11-9-6-2)55-65-59(62)52-48-44-40-36-32-29-25-24-26-30-34-38-42-46-50-56(4)7-3/h56-57H,5-55H2,1-4H3/t56?,57-/m0/s1. The van der Waals surface area contributed by atoms with Gasteiger partial charge in [-0.25, -0.2) is 0 Å². The lowest BCUT2D eigenvalue weighted by Crippen LogP contribution is -2.30. The molecule has 0 rings (SSSR count). The third-order valence-corrected chi connectivity index (χ3v) is 14.2. The summed E-state index contributed by atoms with van der Waals surface area (Å²) in [5.74, 6) is 0.0636. The van der Waals surface area contributed by atoms with Gasteiger partial charge in [0, 0.05) is 19.3 Å². The third-order valence-electron chi connectivity index (χ3n) is 14.2. The van der Waals surface area contributed by atoms with Gasteiger partial charge in [0.1, 0.15) is 13.2 Å². The minimum absolute atomic E-state index is 0.0615. The van der Waals surface area contributed by atoms with E-state index in [0.29, 0.717) is 19.3 Å². The summed E-state index contributed by atoms with van der Waals surface area (Å²) < 4.78 is 16.9. The van der Waals surface area contributed by atoms with Crippen LogP contribution in [0.1, 0.15) is 342 Å². The molecule has 0 heterocycles. The summed E-state index contributed by atoms with van der Waals surface area (Å²) in [5, 5.41) is 0. The van der Waals surface area contributed by atoms with Crippen LogP contribution in [-0.2, 0) is 28.6 Å². The Kier molecular flexibility index (Phi) is 53.0. The van der Waals surface area contributed by atoms with Gasteiger partial charge < -0.3 is 14.2 Å². The van der Waals surface area contributed by atoms with E-state index in [0.717, 1.165) is 63.7 Å². The fourth-order valence-corrected chi connectivity index (χ4v) is 9.25. The van der Waals surface area contributed by atoms with Crippen molar-refractivity contribution in [3.05, 3.63) is 0 Å². The Morgan fingerprint density at radius 1 is 0.303 bits per heavy atom. The summed E-state index contributed by atoms with van der Waals surface area (Å²) in [7, 11) is 0. The molecule has 0 aromatic rings. The lowest BCUT2D eigenvalue weighted by atomic mass is 9.99. The fraction of sp³-hybridized carbons (Fsp3) is 0.950. The Labute approximate surface area is 412 Å². The summed E-state index contributed by atoms with van der Waals surface area (Å²) in [4.78, 5) is 38.2. The van der Waals surface area contributed by atoms with Crippen LogP contribution in [0.5, 0.6) is 0 Å². The summed E-state index contributed by atoms with van der Waals surface area (Å²) >= 11 is 0. The van der Waals surface area contributed by atoms with Crippen molar-refractivity contribution in [2.75, 3.05) is 13.2 Å². The van der Waals surface area contributed by atoms with Gasteiger partial charge in [0.2, 0.25) is 0 Å². The number of ether oxygens (including phenoxy) is 3. The van der Waals surface area contributed by atoms with Crippen molar-refractivity contribution in [1.82, 2.24) is 0 Å². The van der Waals surface area contributed by atoms with Gasteiger partial charge in [0.15, 0.2) is 6.10 Å². The number of hydrogen-bond acceptors (Lipinski definition) is 6. The molecule has 0 radical (unpaired) electrons. The number of carbonyl (C=O) groups is 3. The lowest BCUT2D eigenvalue weighted by molar-refractivity contribution is -0.167. The molecule has 0 aromatic carbocycles. The van der Waals surface area contributed by atoms with Gasteiger partial charge in [-0.3, -0.25) is 14.4 Å². The van der Waals surface area contributed by atoms with E-state index >= 15 is 0 Å². The Hall–Kier alpha value is -1.59. The van der Waals surface area contributed by atoms with Crippen LogP contribution in [0.2, 0.25) is 0 Å². The molecule has 2 atom stereocenters. The molecule has 0 saturated heterocycles. The molecule has 0 aliphatic heterocycles. The van der Waals surface area contributed by atoms with E-state index in [1.54, 1.807) is 0 Å². The first-order valence-corrected chi connectivity index (χ1v) is 29.9. The maximum Gasteiger partial charge on any atom is 0.306 e. The summed E-state index contributed by atoms with van der Waals surface area (Å²) in [5.41, 5.74) is 0. The SMILES string of the molecule is CCCCCCCCCCCCCCCCCCC(=O)OC[C@@H](COC(=O)CCCCCCCCCCCCCCCCC(C)CC)OC(=O)CCCCCCCCCCCCCCCC. The number of rotatable bonds is 55. The number of hydrogen-bond donors (Lipinski definition) is 0. The van der Waals surface area contributed by atoms with Crippen molar-refractivity contribution >= 4 is 17.9 Å². The van der Waals surface area contributed by atoms with Crippen LogP contribution in [0.4, 0.5) is 0 Å². The van der Waals surface area contributed by atoms with E-state index < -0.39 is 6.10 Å². The maximum atomic E-state index is 12.8. The van der Waals surface area contributed by atoms with Gasteiger partial charge in [-0.05, 0) is 25.2 Å². The van der Waals surface area contributed by atoms with Crippen LogP contribution in [0, 0.1) is 5.92 Å². The highest BCUT2D eigenvalue weighted by atomic mass is 16.6. The smallest absolute Gasteiger partial charge is 0.306 e. The molecule has 0 aliphatic rings. The van der Waals surface area contributed by atoms with Gasteiger partial charge in [0.05, 0.1) is 0 Å². The Balaban J connectivity index is 4.28. The van der Waals surface area contributed by atoms with E-state index in [1.807, 2.05) is 0 Å². The molecule has 392 valence electrons. The molecule has 0 amide bonds. The van der Waals surface area contributed by atoms with Crippen molar-refractivity contribution in [3.8, 4) is 0 Å². The molecule has 0 aromatic heterocycles. The van der Waals surface area contributed by atoms with E-state index in [2.05, 4.69) is 27.7 Å². The zero-order valence-electron chi connectivity index (χ0n) is 45.2. The average molecular weight is 934 g/mol. The molecule has 0 N–H and O–H groups in total. The van der Waals surface area contributed by atoms with E-state index in [-0.39, 0.29) is 31.1 Å². The first-order chi connectivity index (χ1) is 32.4. The molecule has 0 spiro atoms. The van der Waals surface area contributed by atoms with Gasteiger partial charge >= 0.3 is 17.9 Å². The zero-order chi connectivity index (χ0) is 48.1. The predicted molar refractivity (Wildman–Crippen MR) is 284 cm³/mol. The van der Waals surface area contributed by atoms with Crippen molar-refractivity contribution in [3.63, 3.8) is 0 Å². The summed E-state index contributed by atoms with van der Waals surface area (Å²) in [6.07, 6.45) is 59.4. The second-order valence-corrected chi connectivity index (χ2v) is 20.9. The molecule has 0 fully saturated rings. The Morgan fingerprint density at radius 3 is 0.788 bits per heavy atom. The van der Waals surface area contributed by atoms with Crippen molar-refractivity contribution in [1.29, 1.82) is 0 Å². The molecule has 0 bridgehead atoms. The number of esters is 3. The van der Waals surface area contributed by atoms with Crippen LogP contribution in [0.3, 0.4) is 0 Å². The number of unbranched alkanes of at least 4 members (excludes halogenated alkanes) is 41. The van der Waals surface area contributed by atoms with Crippen LogP contribution < -0.4 is 0 Å². The van der Waals surface area contributed by atoms with Crippen molar-refractivity contribution in [2.24, 2.45) is 5.92 Å². The third kappa shape index (κ3) is 51.8. The Morgan fingerprint density at radius 2 is 0.530 bits per heavy atom. The van der Waals surface area contributed by atoms with Gasteiger partial charge in [-0.1, -0.05) is 304 Å². The first-order valence-electron chi connectivity index (χ1n) is 29.9. The second-order valence-electron chi connectivity index (χ2n) is 20.9. The number of carbonyl (C=O) groups excluding carboxylic acids is 3. The fourth-order valence-electron chi connectivity index (χ4n) is 9.25. The predicted octanol–water partition coefficient (Wildman–Crippen LogP) is 19.8. The molecule has 6 nitrogen and oxygen atoms in total. The normalized spacial score (nSPS) is 12.4.